The lowest BCUT2D eigenvalue weighted by atomic mass is 9.82. The van der Waals surface area contributed by atoms with Crippen LogP contribution < -0.4 is 5.32 Å². The first-order valence-electron chi connectivity index (χ1n) is 15.5. The summed E-state index contributed by atoms with van der Waals surface area (Å²) in [5.74, 6) is 0.305. The summed E-state index contributed by atoms with van der Waals surface area (Å²) < 4.78 is 0. The van der Waals surface area contributed by atoms with Crippen LogP contribution in [0, 0.1) is 0 Å². The minimum Gasteiger partial charge on any atom is -0.507 e. The molecule has 2 N–H and O–H groups in total. The Labute approximate surface area is 264 Å². The molecule has 216 valence electrons. The number of phenols is 1. The summed E-state index contributed by atoms with van der Waals surface area (Å²) in [6, 6.07) is 53.2. The lowest BCUT2D eigenvalue weighted by Gasteiger charge is -2.22. The standard InChI is InChI=1S/C43H33NO/c1-43(2)39-15-9-8-14-36(39)37-24-22-33(27-40(37)43)44-41-25-21-32(35-23-20-30-12-6-7-13-34(30)42(35)45)26-38(41)31-18-16-29(17-19-31)28-10-4-3-5-11-28/h3-27,44-45H,1-2H3. The van der Waals surface area contributed by atoms with Crippen LogP contribution in [0.2, 0.25) is 0 Å². The molecule has 0 atom stereocenters. The Morgan fingerprint density at radius 3 is 1.96 bits per heavy atom. The molecule has 8 rings (SSSR count). The topological polar surface area (TPSA) is 32.3 Å². The van der Waals surface area contributed by atoms with Crippen molar-refractivity contribution in [3.63, 3.8) is 0 Å². The summed E-state index contributed by atoms with van der Waals surface area (Å²) in [6.07, 6.45) is 0. The second kappa shape index (κ2) is 10.5. The Hall–Kier alpha value is -5.60. The highest BCUT2D eigenvalue weighted by Crippen LogP contribution is 2.49. The maximum Gasteiger partial charge on any atom is 0.131 e. The predicted molar refractivity (Wildman–Crippen MR) is 189 cm³/mol. The summed E-state index contributed by atoms with van der Waals surface area (Å²) >= 11 is 0. The van der Waals surface area contributed by atoms with Crippen molar-refractivity contribution in [2.45, 2.75) is 19.3 Å². The largest absolute Gasteiger partial charge is 0.507 e. The van der Waals surface area contributed by atoms with E-state index in [1.807, 2.05) is 36.4 Å². The van der Waals surface area contributed by atoms with E-state index >= 15 is 0 Å². The number of anilines is 2. The maximum atomic E-state index is 11.3. The zero-order valence-electron chi connectivity index (χ0n) is 25.4. The molecule has 0 spiro atoms. The van der Waals surface area contributed by atoms with Gasteiger partial charge in [0.25, 0.3) is 0 Å². The molecule has 0 aliphatic heterocycles. The van der Waals surface area contributed by atoms with E-state index in [1.165, 1.54) is 33.4 Å². The molecule has 0 saturated heterocycles. The van der Waals surface area contributed by atoms with Gasteiger partial charge in [0.05, 0.1) is 0 Å². The van der Waals surface area contributed by atoms with Crippen molar-refractivity contribution in [1.29, 1.82) is 0 Å². The van der Waals surface area contributed by atoms with Crippen LogP contribution in [-0.4, -0.2) is 5.11 Å². The molecule has 0 unspecified atom stereocenters. The molecule has 2 heteroatoms. The monoisotopic (exact) mass is 579 g/mol. The fourth-order valence-electron chi connectivity index (χ4n) is 6.96. The summed E-state index contributed by atoms with van der Waals surface area (Å²) in [5, 5.41) is 17.0. The highest BCUT2D eigenvalue weighted by atomic mass is 16.3. The first-order valence-corrected chi connectivity index (χ1v) is 15.5. The van der Waals surface area contributed by atoms with Crippen LogP contribution in [0.1, 0.15) is 25.0 Å². The second-order valence-electron chi connectivity index (χ2n) is 12.4. The number of hydrogen-bond acceptors (Lipinski definition) is 2. The van der Waals surface area contributed by atoms with E-state index < -0.39 is 0 Å². The third-order valence-electron chi connectivity index (χ3n) is 9.40. The van der Waals surface area contributed by atoms with Gasteiger partial charge in [-0.05, 0) is 74.2 Å². The minimum absolute atomic E-state index is 0.0722. The minimum atomic E-state index is -0.0722. The number of benzene rings is 7. The van der Waals surface area contributed by atoms with Gasteiger partial charge in [0, 0.05) is 33.3 Å². The van der Waals surface area contributed by atoms with Crippen molar-refractivity contribution >= 4 is 22.1 Å². The van der Waals surface area contributed by atoms with Gasteiger partial charge in [-0.25, -0.2) is 0 Å². The normalized spacial score (nSPS) is 12.9. The second-order valence-corrected chi connectivity index (χ2v) is 12.4. The molecule has 0 amide bonds. The van der Waals surface area contributed by atoms with Gasteiger partial charge in [-0.3, -0.25) is 0 Å². The molecule has 7 aromatic rings. The Kier molecular flexibility index (Phi) is 6.32. The van der Waals surface area contributed by atoms with E-state index in [0.29, 0.717) is 5.75 Å². The van der Waals surface area contributed by atoms with Crippen LogP contribution in [0.15, 0.2) is 152 Å². The molecular weight excluding hydrogens is 546 g/mol. The van der Waals surface area contributed by atoms with Crippen molar-refractivity contribution in [1.82, 2.24) is 0 Å². The van der Waals surface area contributed by atoms with Crippen molar-refractivity contribution in [3.05, 3.63) is 163 Å². The number of aromatic hydroxyl groups is 1. The quantitative estimate of drug-likeness (QED) is 0.213. The summed E-state index contributed by atoms with van der Waals surface area (Å²) in [4.78, 5) is 0. The summed E-state index contributed by atoms with van der Waals surface area (Å²) in [6.45, 7) is 4.62. The SMILES string of the molecule is CC1(C)c2ccccc2-c2ccc(Nc3ccc(-c4ccc5ccccc5c4O)cc3-c3ccc(-c4ccccc4)cc3)cc21. The molecule has 1 aliphatic carbocycles. The molecule has 0 fully saturated rings. The van der Waals surface area contributed by atoms with Crippen LogP contribution in [0.5, 0.6) is 5.75 Å². The Morgan fingerprint density at radius 2 is 1.11 bits per heavy atom. The van der Waals surface area contributed by atoms with Crippen LogP contribution in [0.3, 0.4) is 0 Å². The lowest BCUT2D eigenvalue weighted by Crippen LogP contribution is -2.15. The predicted octanol–water partition coefficient (Wildman–Crippen LogP) is 11.6. The number of phenolic OH excluding ortho intramolecular Hbond substituents is 1. The molecule has 1 aliphatic rings. The van der Waals surface area contributed by atoms with Gasteiger partial charge >= 0.3 is 0 Å². The summed E-state index contributed by atoms with van der Waals surface area (Å²) in [7, 11) is 0. The van der Waals surface area contributed by atoms with Gasteiger partial charge in [-0.1, -0.05) is 141 Å². The number of hydrogen-bond donors (Lipinski definition) is 2. The van der Waals surface area contributed by atoms with E-state index in [2.05, 4.69) is 134 Å². The molecule has 0 bridgehead atoms. The Bertz CT molecular complexity index is 2210. The number of rotatable bonds is 5. The first kappa shape index (κ1) is 27.0. The van der Waals surface area contributed by atoms with Crippen molar-refractivity contribution in [3.8, 4) is 50.3 Å². The van der Waals surface area contributed by atoms with E-state index in [1.54, 1.807) is 0 Å². The van der Waals surface area contributed by atoms with Gasteiger partial charge in [0.2, 0.25) is 0 Å². The van der Waals surface area contributed by atoms with Gasteiger partial charge in [-0.15, -0.1) is 0 Å². The van der Waals surface area contributed by atoms with Gasteiger partial charge < -0.3 is 10.4 Å². The van der Waals surface area contributed by atoms with Crippen LogP contribution in [0.4, 0.5) is 11.4 Å². The molecule has 0 aromatic heterocycles. The lowest BCUT2D eigenvalue weighted by molar-refractivity contribution is 0.483. The molecular formula is C43H33NO. The zero-order chi connectivity index (χ0) is 30.5. The molecule has 45 heavy (non-hydrogen) atoms. The highest BCUT2D eigenvalue weighted by Gasteiger charge is 2.35. The Morgan fingerprint density at radius 1 is 0.467 bits per heavy atom. The van der Waals surface area contributed by atoms with Gasteiger partial charge in [0.15, 0.2) is 0 Å². The van der Waals surface area contributed by atoms with Crippen molar-refractivity contribution in [2.75, 3.05) is 5.32 Å². The van der Waals surface area contributed by atoms with E-state index in [0.717, 1.165) is 44.4 Å². The van der Waals surface area contributed by atoms with Crippen molar-refractivity contribution < 1.29 is 5.11 Å². The molecule has 7 aromatic carbocycles. The van der Waals surface area contributed by atoms with E-state index in [-0.39, 0.29) is 5.41 Å². The Balaban J connectivity index is 1.23. The highest BCUT2D eigenvalue weighted by molar-refractivity contribution is 5.96. The molecule has 0 heterocycles. The van der Waals surface area contributed by atoms with Crippen LogP contribution in [0.25, 0.3) is 55.3 Å². The van der Waals surface area contributed by atoms with E-state index in [4.69, 9.17) is 0 Å². The summed E-state index contributed by atoms with van der Waals surface area (Å²) in [5.41, 5.74) is 13.7. The van der Waals surface area contributed by atoms with Gasteiger partial charge in [-0.2, -0.15) is 0 Å². The zero-order valence-corrected chi connectivity index (χ0v) is 25.4. The van der Waals surface area contributed by atoms with Crippen LogP contribution in [-0.2, 0) is 5.41 Å². The average Bonchev–Trinajstić information content (AvgIpc) is 3.31. The molecule has 0 saturated carbocycles. The molecule has 0 radical (unpaired) electrons. The average molecular weight is 580 g/mol. The smallest absolute Gasteiger partial charge is 0.131 e. The van der Waals surface area contributed by atoms with E-state index in [9.17, 15) is 5.11 Å². The number of nitrogens with one attached hydrogen (secondary N) is 1. The maximum absolute atomic E-state index is 11.3. The fraction of sp³-hybridized carbons (Fsp3) is 0.0698. The third-order valence-corrected chi connectivity index (χ3v) is 9.40. The fourth-order valence-corrected chi connectivity index (χ4v) is 6.96. The number of fused-ring (bicyclic) bond motifs is 4. The van der Waals surface area contributed by atoms with Crippen LogP contribution >= 0.6 is 0 Å². The van der Waals surface area contributed by atoms with Crippen molar-refractivity contribution in [2.24, 2.45) is 0 Å². The molecule has 2 nitrogen and oxygen atoms in total. The third kappa shape index (κ3) is 4.58. The van der Waals surface area contributed by atoms with Gasteiger partial charge in [0.1, 0.15) is 5.75 Å². The first-order chi connectivity index (χ1) is 22.0.